The molecule has 0 atom stereocenters. The fraction of sp³-hybridized carbons (Fsp3) is 0.136. The maximum Gasteiger partial charge on any atom is 0.268 e. The van der Waals surface area contributed by atoms with Gasteiger partial charge in [-0.15, -0.1) is 0 Å². The Bertz CT molecular complexity index is 1730. The smallest absolute Gasteiger partial charge is 0.268 e. The molecule has 2 aromatic heterocycles. The van der Waals surface area contributed by atoms with E-state index in [-0.39, 0.29) is 57.1 Å². The first-order valence-electron chi connectivity index (χ1n) is 10.3. The predicted octanol–water partition coefficient (Wildman–Crippen LogP) is 2.05. The van der Waals surface area contributed by atoms with Crippen LogP contribution in [0.1, 0.15) is 12.5 Å². The van der Waals surface area contributed by atoms with Crippen LogP contribution >= 0.6 is 0 Å². The van der Waals surface area contributed by atoms with Crippen LogP contribution in [0, 0.1) is 23.0 Å². The predicted molar refractivity (Wildman–Crippen MR) is 129 cm³/mol. The number of nitrogen functional groups attached to an aromatic ring is 2. The number of hydrogen-bond acceptors (Lipinski definition) is 10. The molecule has 2 aromatic carbocycles. The number of fused-ring (bicyclic) bond motifs is 1. The second kappa shape index (κ2) is 8.86. The molecular formula is C22H18F2N8O3S. The fourth-order valence-electron chi connectivity index (χ4n) is 3.75. The number of nitriles is 1. The minimum atomic E-state index is -3.89. The Morgan fingerprint density at radius 2 is 1.78 bits per heavy atom. The Hall–Kier alpha value is -4.64. The normalized spacial score (nSPS) is 11.4. The molecule has 0 spiro atoms. The average Bonchev–Trinajstić information content (AvgIpc) is 2.78. The topological polar surface area (TPSA) is 174 Å². The molecule has 14 heteroatoms. The lowest BCUT2D eigenvalue weighted by Gasteiger charge is -2.26. The molecule has 4 N–H and O–H groups in total. The van der Waals surface area contributed by atoms with Gasteiger partial charge < -0.3 is 11.5 Å². The van der Waals surface area contributed by atoms with Crippen molar-refractivity contribution < 1.29 is 17.2 Å². The van der Waals surface area contributed by atoms with E-state index in [1.54, 1.807) is 6.92 Å². The highest BCUT2D eigenvalue weighted by Crippen LogP contribution is 2.31. The van der Waals surface area contributed by atoms with Crippen LogP contribution in [0.25, 0.3) is 16.6 Å². The van der Waals surface area contributed by atoms with E-state index in [1.165, 1.54) is 23.1 Å². The van der Waals surface area contributed by atoms with E-state index in [9.17, 15) is 27.3 Å². The molecule has 36 heavy (non-hydrogen) atoms. The summed E-state index contributed by atoms with van der Waals surface area (Å²) in [6.45, 7) is 1.67. The second-order valence-corrected chi connectivity index (χ2v) is 9.61. The first-order chi connectivity index (χ1) is 17.0. The molecule has 0 aliphatic heterocycles. The van der Waals surface area contributed by atoms with Gasteiger partial charge in [0.2, 0.25) is 11.9 Å². The van der Waals surface area contributed by atoms with Crippen LogP contribution in [0.3, 0.4) is 0 Å². The third-order valence-electron chi connectivity index (χ3n) is 5.21. The molecule has 11 nitrogen and oxygen atoms in total. The number of nitrogens with two attached hydrogens (primary N) is 2. The summed E-state index contributed by atoms with van der Waals surface area (Å²) in [6, 6.07) is 8.29. The van der Waals surface area contributed by atoms with E-state index < -0.39 is 27.0 Å². The number of nitrogens with zero attached hydrogens (tertiary/aromatic N) is 6. The summed E-state index contributed by atoms with van der Waals surface area (Å²) in [5.41, 5.74) is 10.2. The summed E-state index contributed by atoms with van der Waals surface area (Å²) in [4.78, 5) is 27.1. The van der Waals surface area contributed by atoms with Crippen molar-refractivity contribution in [1.82, 2.24) is 19.5 Å². The fourth-order valence-corrected chi connectivity index (χ4v) is 4.64. The number of hydrogen-bond donors (Lipinski definition) is 2. The minimum absolute atomic E-state index is 0.0157. The second-order valence-electron chi connectivity index (χ2n) is 7.62. The van der Waals surface area contributed by atoms with Gasteiger partial charge in [0, 0.05) is 18.9 Å². The van der Waals surface area contributed by atoms with Gasteiger partial charge in [0.05, 0.1) is 21.5 Å². The zero-order valence-corrected chi connectivity index (χ0v) is 19.7. The molecule has 0 aliphatic rings. The van der Waals surface area contributed by atoms with Crippen LogP contribution in [0.2, 0.25) is 0 Å². The van der Waals surface area contributed by atoms with Crippen LogP contribution in [0.5, 0.6) is 0 Å². The number of benzene rings is 2. The monoisotopic (exact) mass is 512 g/mol. The molecule has 0 aliphatic carbocycles. The molecular weight excluding hydrogens is 494 g/mol. The third-order valence-corrected chi connectivity index (χ3v) is 6.35. The Morgan fingerprint density at radius 1 is 1.11 bits per heavy atom. The summed E-state index contributed by atoms with van der Waals surface area (Å²) in [7, 11) is -3.89. The number of halogens is 2. The number of anilines is 4. The van der Waals surface area contributed by atoms with Gasteiger partial charge in [0.15, 0.2) is 15.7 Å². The van der Waals surface area contributed by atoms with Gasteiger partial charge in [-0.05, 0) is 31.2 Å². The van der Waals surface area contributed by atoms with Gasteiger partial charge in [-0.3, -0.25) is 9.69 Å². The SMILES string of the molecule is CCN(c1nc(N)nc(N)c1C#N)c1nc2cccc(S(C)(=O)=O)c2c(=O)n1-c1cc(F)cc(F)c1. The van der Waals surface area contributed by atoms with Crippen molar-refractivity contribution in [3.63, 3.8) is 0 Å². The lowest BCUT2D eigenvalue weighted by Crippen LogP contribution is -2.31. The average molecular weight is 513 g/mol. The van der Waals surface area contributed by atoms with Gasteiger partial charge in [-0.1, -0.05) is 6.07 Å². The maximum absolute atomic E-state index is 14.2. The van der Waals surface area contributed by atoms with E-state index in [1.807, 2.05) is 6.07 Å². The van der Waals surface area contributed by atoms with Gasteiger partial charge in [-0.2, -0.15) is 15.2 Å². The van der Waals surface area contributed by atoms with Crippen LogP contribution in [0.15, 0.2) is 46.1 Å². The zero-order chi connectivity index (χ0) is 26.4. The van der Waals surface area contributed by atoms with Gasteiger partial charge in [-0.25, -0.2) is 26.7 Å². The molecule has 0 unspecified atom stereocenters. The van der Waals surface area contributed by atoms with Crippen LogP contribution < -0.4 is 21.9 Å². The van der Waals surface area contributed by atoms with Crippen molar-refractivity contribution in [3.8, 4) is 11.8 Å². The molecule has 0 saturated carbocycles. The van der Waals surface area contributed by atoms with Gasteiger partial charge >= 0.3 is 0 Å². The van der Waals surface area contributed by atoms with E-state index in [2.05, 4.69) is 15.0 Å². The van der Waals surface area contributed by atoms with Crippen molar-refractivity contribution in [2.45, 2.75) is 11.8 Å². The van der Waals surface area contributed by atoms with Crippen molar-refractivity contribution in [2.24, 2.45) is 0 Å². The van der Waals surface area contributed by atoms with Crippen LogP contribution in [0.4, 0.5) is 32.3 Å². The minimum Gasteiger partial charge on any atom is -0.382 e. The quantitative estimate of drug-likeness (QED) is 0.403. The standard InChI is InChI=1S/C22H18F2N8O3S/c1-3-31(19-14(10-25)18(26)29-21(27)30-19)22-28-15-5-4-6-16(36(2,34)35)17(15)20(33)32(22)13-8-11(23)7-12(24)9-13/h4-9H,3H2,1-2H3,(H4,26,27,29,30). The lowest BCUT2D eigenvalue weighted by atomic mass is 10.2. The molecule has 0 amide bonds. The van der Waals surface area contributed by atoms with Crippen LogP contribution in [-0.4, -0.2) is 40.7 Å². The summed E-state index contributed by atoms with van der Waals surface area (Å²) < 4.78 is 54.1. The Labute approximate surface area is 203 Å². The Kier molecular flexibility index (Phi) is 6.02. The molecule has 0 fully saturated rings. The first-order valence-corrected chi connectivity index (χ1v) is 12.2. The molecule has 4 rings (SSSR count). The maximum atomic E-state index is 14.2. The molecule has 2 heterocycles. The first kappa shape index (κ1) is 24.5. The van der Waals surface area contributed by atoms with Crippen molar-refractivity contribution in [2.75, 3.05) is 29.2 Å². The molecule has 4 aromatic rings. The van der Waals surface area contributed by atoms with E-state index in [0.717, 1.165) is 23.0 Å². The summed E-state index contributed by atoms with van der Waals surface area (Å²) in [5.74, 6) is -2.82. The van der Waals surface area contributed by atoms with Crippen molar-refractivity contribution in [1.29, 1.82) is 5.26 Å². The Balaban J connectivity index is 2.21. The highest BCUT2D eigenvalue weighted by Gasteiger charge is 2.26. The van der Waals surface area contributed by atoms with Gasteiger partial charge in [0.1, 0.15) is 29.1 Å². The molecule has 184 valence electrons. The number of sulfone groups is 1. The number of rotatable bonds is 5. The van der Waals surface area contributed by atoms with Gasteiger partial charge in [0.25, 0.3) is 5.56 Å². The Morgan fingerprint density at radius 3 is 2.36 bits per heavy atom. The van der Waals surface area contributed by atoms with Crippen molar-refractivity contribution in [3.05, 3.63) is 63.9 Å². The lowest BCUT2D eigenvalue weighted by molar-refractivity contribution is 0.581. The molecule has 0 bridgehead atoms. The van der Waals surface area contributed by atoms with Crippen LogP contribution in [-0.2, 0) is 9.84 Å². The van der Waals surface area contributed by atoms with E-state index in [0.29, 0.717) is 6.07 Å². The van der Waals surface area contributed by atoms with E-state index in [4.69, 9.17) is 11.5 Å². The molecule has 0 radical (unpaired) electrons. The van der Waals surface area contributed by atoms with Crippen molar-refractivity contribution >= 4 is 44.3 Å². The highest BCUT2D eigenvalue weighted by atomic mass is 32.2. The highest BCUT2D eigenvalue weighted by molar-refractivity contribution is 7.91. The molecule has 0 saturated heterocycles. The zero-order valence-electron chi connectivity index (χ0n) is 18.9. The largest absolute Gasteiger partial charge is 0.382 e. The number of aromatic nitrogens is 4. The summed E-state index contributed by atoms with van der Waals surface area (Å²) >= 11 is 0. The third kappa shape index (κ3) is 4.16. The summed E-state index contributed by atoms with van der Waals surface area (Å²) in [5, 5.41) is 9.38. The summed E-state index contributed by atoms with van der Waals surface area (Å²) in [6.07, 6.45) is 0.922. The van der Waals surface area contributed by atoms with E-state index >= 15 is 0 Å².